The number of hydrogen-bond acceptors (Lipinski definition) is 4. The summed E-state index contributed by atoms with van der Waals surface area (Å²) in [5.41, 5.74) is 0. The topological polar surface area (TPSA) is 75.3 Å². The number of thiophene rings is 1. The predicted octanol–water partition coefficient (Wildman–Crippen LogP) is 0.734. The number of hydrogen-bond donors (Lipinski definition) is 2. The first-order valence-corrected chi connectivity index (χ1v) is 8.02. The van der Waals surface area contributed by atoms with Crippen LogP contribution in [0.5, 0.6) is 0 Å². The Morgan fingerprint density at radius 2 is 2.35 bits per heavy atom. The molecule has 17 heavy (non-hydrogen) atoms. The van der Waals surface area contributed by atoms with E-state index >= 15 is 0 Å². The standard InChI is InChI=1S/C10H14N2O3S2/c13-10(11-6-9-2-1-4-16-9)12-8-3-5-17(14,15)7-8/h1-2,4,8H,3,5-7H2,(H2,11,12,13). The van der Waals surface area contributed by atoms with Gasteiger partial charge in [0.15, 0.2) is 9.84 Å². The van der Waals surface area contributed by atoms with Crippen LogP contribution >= 0.6 is 11.3 Å². The highest BCUT2D eigenvalue weighted by Crippen LogP contribution is 2.11. The predicted molar refractivity (Wildman–Crippen MR) is 66.7 cm³/mol. The van der Waals surface area contributed by atoms with Crippen LogP contribution in [-0.2, 0) is 16.4 Å². The maximum atomic E-state index is 11.5. The molecular weight excluding hydrogens is 260 g/mol. The van der Waals surface area contributed by atoms with Crippen LogP contribution in [0.3, 0.4) is 0 Å². The zero-order chi connectivity index (χ0) is 12.3. The quantitative estimate of drug-likeness (QED) is 0.853. The molecule has 1 aromatic rings. The molecule has 94 valence electrons. The van der Waals surface area contributed by atoms with E-state index in [2.05, 4.69) is 10.6 Å². The Balaban J connectivity index is 1.75. The van der Waals surface area contributed by atoms with Crippen molar-refractivity contribution in [2.24, 2.45) is 0 Å². The van der Waals surface area contributed by atoms with Gasteiger partial charge in [0.25, 0.3) is 0 Å². The lowest BCUT2D eigenvalue weighted by Crippen LogP contribution is -2.42. The third-order valence-corrected chi connectivity index (χ3v) is 5.22. The molecule has 1 fully saturated rings. The summed E-state index contributed by atoms with van der Waals surface area (Å²) in [4.78, 5) is 12.6. The summed E-state index contributed by atoms with van der Waals surface area (Å²) in [6, 6.07) is 3.30. The Bertz CT molecular complexity index is 482. The van der Waals surface area contributed by atoms with Crippen LogP contribution < -0.4 is 10.6 Å². The van der Waals surface area contributed by atoms with E-state index in [1.807, 2.05) is 17.5 Å². The van der Waals surface area contributed by atoms with Crippen LogP contribution in [0.15, 0.2) is 17.5 Å². The van der Waals surface area contributed by atoms with Gasteiger partial charge in [0, 0.05) is 10.9 Å². The van der Waals surface area contributed by atoms with E-state index in [0.717, 1.165) is 4.88 Å². The number of carbonyl (C=O) groups excluding carboxylic acids is 1. The zero-order valence-corrected chi connectivity index (χ0v) is 10.8. The van der Waals surface area contributed by atoms with Gasteiger partial charge in [-0.2, -0.15) is 0 Å². The van der Waals surface area contributed by atoms with Crippen molar-refractivity contribution in [2.75, 3.05) is 11.5 Å². The number of sulfone groups is 1. The Hall–Kier alpha value is -1.08. The lowest BCUT2D eigenvalue weighted by molar-refractivity contribution is 0.237. The molecule has 5 nitrogen and oxygen atoms in total. The first-order valence-electron chi connectivity index (χ1n) is 5.32. The molecule has 1 atom stereocenters. The van der Waals surface area contributed by atoms with Crippen molar-refractivity contribution in [3.8, 4) is 0 Å². The second-order valence-corrected chi connectivity index (χ2v) is 7.27. The summed E-state index contributed by atoms with van der Waals surface area (Å²) in [5, 5.41) is 7.32. The van der Waals surface area contributed by atoms with E-state index in [-0.39, 0.29) is 23.6 Å². The molecule has 2 rings (SSSR count). The highest BCUT2D eigenvalue weighted by Gasteiger charge is 2.28. The van der Waals surface area contributed by atoms with E-state index in [1.54, 1.807) is 11.3 Å². The van der Waals surface area contributed by atoms with Crippen molar-refractivity contribution < 1.29 is 13.2 Å². The maximum absolute atomic E-state index is 11.5. The molecule has 0 saturated carbocycles. The fourth-order valence-corrected chi connectivity index (χ4v) is 4.04. The number of nitrogens with one attached hydrogen (secondary N) is 2. The third kappa shape index (κ3) is 3.71. The third-order valence-electron chi connectivity index (χ3n) is 2.57. The molecule has 1 aliphatic rings. The molecule has 1 saturated heterocycles. The van der Waals surface area contributed by atoms with Crippen molar-refractivity contribution in [1.82, 2.24) is 10.6 Å². The van der Waals surface area contributed by atoms with Gasteiger partial charge in [-0.05, 0) is 17.9 Å². The lowest BCUT2D eigenvalue weighted by Gasteiger charge is -2.11. The van der Waals surface area contributed by atoms with E-state index in [4.69, 9.17) is 0 Å². The number of carbonyl (C=O) groups is 1. The van der Waals surface area contributed by atoms with Gasteiger partial charge in [0.2, 0.25) is 0 Å². The van der Waals surface area contributed by atoms with Gasteiger partial charge in [-0.15, -0.1) is 11.3 Å². The molecule has 1 aliphatic heterocycles. The minimum Gasteiger partial charge on any atom is -0.334 e. The van der Waals surface area contributed by atoms with Crippen LogP contribution in [0, 0.1) is 0 Å². The molecule has 2 amide bonds. The molecule has 1 unspecified atom stereocenters. The first kappa shape index (κ1) is 12.4. The summed E-state index contributed by atoms with van der Waals surface area (Å²) in [7, 11) is -2.94. The Morgan fingerprint density at radius 1 is 1.53 bits per heavy atom. The van der Waals surface area contributed by atoms with E-state index in [9.17, 15) is 13.2 Å². The van der Waals surface area contributed by atoms with Gasteiger partial charge in [0.05, 0.1) is 18.1 Å². The van der Waals surface area contributed by atoms with Crippen LogP contribution in [0.25, 0.3) is 0 Å². The zero-order valence-electron chi connectivity index (χ0n) is 9.18. The monoisotopic (exact) mass is 274 g/mol. The number of urea groups is 1. The average molecular weight is 274 g/mol. The van der Waals surface area contributed by atoms with Crippen molar-refractivity contribution in [3.63, 3.8) is 0 Å². The fourth-order valence-electron chi connectivity index (χ4n) is 1.73. The summed E-state index contributed by atoms with van der Waals surface area (Å²) < 4.78 is 22.4. The molecule has 0 aliphatic carbocycles. The smallest absolute Gasteiger partial charge is 0.315 e. The molecule has 2 heterocycles. The average Bonchev–Trinajstić information content (AvgIpc) is 2.85. The van der Waals surface area contributed by atoms with Crippen LogP contribution in [0.4, 0.5) is 4.79 Å². The Morgan fingerprint density at radius 3 is 2.94 bits per heavy atom. The summed E-state index contributed by atoms with van der Waals surface area (Å²) in [6.07, 6.45) is 0.509. The molecule has 0 radical (unpaired) electrons. The summed E-state index contributed by atoms with van der Waals surface area (Å²) >= 11 is 1.57. The highest BCUT2D eigenvalue weighted by molar-refractivity contribution is 7.91. The molecule has 0 bridgehead atoms. The minimum atomic E-state index is -2.94. The van der Waals surface area contributed by atoms with Gasteiger partial charge in [-0.3, -0.25) is 0 Å². The van der Waals surface area contributed by atoms with Crippen molar-refractivity contribution in [2.45, 2.75) is 19.0 Å². The summed E-state index contributed by atoms with van der Waals surface area (Å²) in [6.45, 7) is 0.475. The largest absolute Gasteiger partial charge is 0.334 e. The Labute approximate surface area is 104 Å². The molecule has 7 heteroatoms. The van der Waals surface area contributed by atoms with Crippen molar-refractivity contribution in [3.05, 3.63) is 22.4 Å². The molecule has 2 N–H and O–H groups in total. The molecule has 0 aromatic carbocycles. The summed E-state index contributed by atoms with van der Waals surface area (Å²) in [5.74, 6) is 0.224. The normalized spacial score (nSPS) is 22.2. The maximum Gasteiger partial charge on any atom is 0.315 e. The van der Waals surface area contributed by atoms with E-state index in [0.29, 0.717) is 13.0 Å². The highest BCUT2D eigenvalue weighted by atomic mass is 32.2. The second-order valence-electron chi connectivity index (χ2n) is 4.01. The van der Waals surface area contributed by atoms with Crippen molar-refractivity contribution in [1.29, 1.82) is 0 Å². The van der Waals surface area contributed by atoms with Crippen LogP contribution in [-0.4, -0.2) is 32.0 Å². The molecular formula is C10H14N2O3S2. The van der Waals surface area contributed by atoms with Crippen LogP contribution in [0.2, 0.25) is 0 Å². The van der Waals surface area contributed by atoms with E-state index < -0.39 is 9.84 Å². The fraction of sp³-hybridized carbons (Fsp3) is 0.500. The Kier molecular flexibility index (Phi) is 3.68. The van der Waals surface area contributed by atoms with Gasteiger partial charge >= 0.3 is 6.03 Å². The van der Waals surface area contributed by atoms with E-state index in [1.165, 1.54) is 0 Å². The van der Waals surface area contributed by atoms with Gasteiger partial charge in [0.1, 0.15) is 0 Å². The van der Waals surface area contributed by atoms with Gasteiger partial charge in [-0.25, -0.2) is 13.2 Å². The molecule has 1 aromatic heterocycles. The lowest BCUT2D eigenvalue weighted by atomic mass is 10.3. The first-order chi connectivity index (χ1) is 8.05. The number of rotatable bonds is 3. The van der Waals surface area contributed by atoms with Crippen molar-refractivity contribution >= 4 is 27.2 Å². The SMILES string of the molecule is O=C(NCc1cccs1)NC1CCS(=O)(=O)C1. The van der Waals surface area contributed by atoms with Gasteiger partial charge < -0.3 is 10.6 Å². The second kappa shape index (κ2) is 5.05. The number of amides is 2. The molecule has 0 spiro atoms. The minimum absolute atomic E-state index is 0.0550. The van der Waals surface area contributed by atoms with Gasteiger partial charge in [-0.1, -0.05) is 6.07 Å². The van der Waals surface area contributed by atoms with Crippen LogP contribution in [0.1, 0.15) is 11.3 Å².